The zero-order valence-electron chi connectivity index (χ0n) is 11.0. The third kappa shape index (κ3) is 5.36. The molecule has 2 nitrogen and oxygen atoms in total. The van der Waals surface area contributed by atoms with Crippen LogP contribution in [0, 0.1) is 0 Å². The molecule has 0 aliphatic heterocycles. The zero-order chi connectivity index (χ0) is 15.2. The van der Waals surface area contributed by atoms with Gasteiger partial charge in [0.15, 0.2) is 5.11 Å². The second-order valence-electron chi connectivity index (χ2n) is 4.39. The van der Waals surface area contributed by atoms with E-state index in [2.05, 4.69) is 10.6 Å². The van der Waals surface area contributed by atoms with Crippen molar-refractivity contribution in [2.24, 2.45) is 0 Å². The lowest BCUT2D eigenvalue weighted by molar-refractivity contribution is 0.873. The fraction of sp³-hybridized carbons (Fsp3) is 0.133. The van der Waals surface area contributed by atoms with E-state index in [1.807, 2.05) is 36.4 Å². The van der Waals surface area contributed by atoms with E-state index in [1.165, 1.54) is 0 Å². The Morgan fingerprint density at radius 3 is 2.52 bits per heavy atom. The van der Waals surface area contributed by atoms with Crippen LogP contribution in [0.25, 0.3) is 0 Å². The Bertz CT molecular complexity index is 647. The monoisotopic (exact) mass is 358 g/mol. The third-order valence-corrected chi connectivity index (χ3v) is 3.99. The number of nitrogens with one attached hydrogen (secondary N) is 2. The van der Waals surface area contributed by atoms with Crippen molar-refractivity contribution in [1.29, 1.82) is 0 Å². The zero-order valence-corrected chi connectivity index (χ0v) is 14.1. The molecule has 0 heterocycles. The molecule has 0 radical (unpaired) electrons. The van der Waals surface area contributed by atoms with E-state index in [0.29, 0.717) is 26.7 Å². The van der Waals surface area contributed by atoms with Gasteiger partial charge in [-0.15, -0.1) is 0 Å². The molecule has 2 rings (SSSR count). The largest absolute Gasteiger partial charge is 0.362 e. The van der Waals surface area contributed by atoms with Crippen LogP contribution in [-0.2, 0) is 6.42 Å². The summed E-state index contributed by atoms with van der Waals surface area (Å²) < 4.78 is 0. The molecule has 0 unspecified atom stereocenters. The van der Waals surface area contributed by atoms with E-state index in [0.717, 1.165) is 17.7 Å². The topological polar surface area (TPSA) is 24.1 Å². The van der Waals surface area contributed by atoms with Gasteiger partial charge in [0.05, 0.1) is 10.0 Å². The summed E-state index contributed by atoms with van der Waals surface area (Å²) in [6.07, 6.45) is 0.800. The van der Waals surface area contributed by atoms with Gasteiger partial charge in [-0.25, -0.2) is 0 Å². The molecule has 0 saturated carbocycles. The fourth-order valence-electron chi connectivity index (χ4n) is 1.76. The maximum atomic E-state index is 5.97. The molecule has 0 aromatic heterocycles. The fourth-order valence-corrected chi connectivity index (χ4v) is 2.49. The number of halogens is 3. The SMILES string of the molecule is S=C(NCCc1ccc(Cl)c(Cl)c1)Nc1cccc(Cl)c1. The first kappa shape index (κ1) is 16.4. The van der Waals surface area contributed by atoms with Crippen LogP contribution in [0.1, 0.15) is 5.56 Å². The second-order valence-corrected chi connectivity index (χ2v) is 6.05. The summed E-state index contributed by atoms with van der Waals surface area (Å²) in [5.41, 5.74) is 1.96. The van der Waals surface area contributed by atoms with Crippen LogP contribution in [-0.4, -0.2) is 11.7 Å². The molecule has 6 heteroatoms. The maximum Gasteiger partial charge on any atom is 0.170 e. The van der Waals surface area contributed by atoms with Gasteiger partial charge in [0, 0.05) is 17.3 Å². The van der Waals surface area contributed by atoms with Crippen LogP contribution in [0.4, 0.5) is 5.69 Å². The minimum atomic E-state index is 0.553. The number of hydrogen-bond donors (Lipinski definition) is 2. The van der Waals surface area contributed by atoms with Gasteiger partial charge >= 0.3 is 0 Å². The van der Waals surface area contributed by atoms with E-state index >= 15 is 0 Å². The van der Waals surface area contributed by atoms with Crippen molar-refractivity contribution in [2.45, 2.75) is 6.42 Å². The van der Waals surface area contributed by atoms with E-state index in [9.17, 15) is 0 Å². The van der Waals surface area contributed by atoms with Gasteiger partial charge in [-0.05, 0) is 54.5 Å². The highest BCUT2D eigenvalue weighted by Gasteiger charge is 2.01. The molecule has 2 N–H and O–H groups in total. The van der Waals surface area contributed by atoms with Crippen molar-refractivity contribution in [2.75, 3.05) is 11.9 Å². The van der Waals surface area contributed by atoms with Gasteiger partial charge in [-0.3, -0.25) is 0 Å². The van der Waals surface area contributed by atoms with Gasteiger partial charge in [0.2, 0.25) is 0 Å². The summed E-state index contributed by atoms with van der Waals surface area (Å²) in [6.45, 7) is 0.699. The number of rotatable bonds is 4. The molecule has 0 amide bonds. The highest BCUT2D eigenvalue weighted by atomic mass is 35.5. The lowest BCUT2D eigenvalue weighted by Gasteiger charge is -2.11. The quantitative estimate of drug-likeness (QED) is 0.736. The number of thiocarbonyl (C=S) groups is 1. The van der Waals surface area contributed by atoms with Crippen LogP contribution < -0.4 is 10.6 Å². The summed E-state index contributed by atoms with van der Waals surface area (Å²) in [6, 6.07) is 13.0. The lowest BCUT2D eigenvalue weighted by Crippen LogP contribution is -2.30. The van der Waals surface area contributed by atoms with E-state index in [4.69, 9.17) is 47.0 Å². The van der Waals surface area contributed by atoms with Crippen molar-refractivity contribution in [3.05, 3.63) is 63.1 Å². The Balaban J connectivity index is 1.80. The molecule has 21 heavy (non-hydrogen) atoms. The Kier molecular flexibility index (Phi) is 6.12. The van der Waals surface area contributed by atoms with E-state index in [-0.39, 0.29) is 0 Å². The molecule has 2 aromatic carbocycles. The molecule has 2 aromatic rings. The molecule has 0 aliphatic carbocycles. The Hall–Kier alpha value is -1.00. The minimum Gasteiger partial charge on any atom is -0.362 e. The smallest absolute Gasteiger partial charge is 0.170 e. The van der Waals surface area contributed by atoms with Gasteiger partial charge in [0.1, 0.15) is 0 Å². The predicted octanol–water partition coefficient (Wildman–Crippen LogP) is 5.18. The summed E-state index contributed by atoms with van der Waals surface area (Å²) in [5, 5.41) is 8.56. The standard InChI is InChI=1S/C15H13Cl3N2S/c16-11-2-1-3-12(9-11)20-15(21)19-7-6-10-4-5-13(17)14(18)8-10/h1-5,8-9H,6-7H2,(H2,19,20,21). The second kappa shape index (κ2) is 7.85. The molecular weight excluding hydrogens is 347 g/mol. The maximum absolute atomic E-state index is 5.97. The Morgan fingerprint density at radius 2 is 1.81 bits per heavy atom. The third-order valence-electron chi connectivity index (χ3n) is 2.77. The van der Waals surface area contributed by atoms with Crippen molar-refractivity contribution >= 4 is 57.8 Å². The van der Waals surface area contributed by atoms with Gasteiger partial charge in [-0.2, -0.15) is 0 Å². The van der Waals surface area contributed by atoms with Crippen molar-refractivity contribution in [3.63, 3.8) is 0 Å². The van der Waals surface area contributed by atoms with Crippen LogP contribution in [0.2, 0.25) is 15.1 Å². The van der Waals surface area contributed by atoms with Crippen molar-refractivity contribution < 1.29 is 0 Å². The van der Waals surface area contributed by atoms with Crippen LogP contribution in [0.3, 0.4) is 0 Å². The highest BCUT2D eigenvalue weighted by molar-refractivity contribution is 7.80. The number of hydrogen-bond acceptors (Lipinski definition) is 1. The highest BCUT2D eigenvalue weighted by Crippen LogP contribution is 2.22. The van der Waals surface area contributed by atoms with Gasteiger partial charge < -0.3 is 10.6 Å². The number of benzene rings is 2. The first-order valence-corrected chi connectivity index (χ1v) is 7.83. The summed E-state index contributed by atoms with van der Waals surface area (Å²) in [4.78, 5) is 0. The van der Waals surface area contributed by atoms with Crippen molar-refractivity contribution in [1.82, 2.24) is 5.32 Å². The molecule has 0 aliphatic rings. The Labute approximate surface area is 144 Å². The van der Waals surface area contributed by atoms with E-state index in [1.54, 1.807) is 6.07 Å². The molecule has 0 bridgehead atoms. The first-order valence-electron chi connectivity index (χ1n) is 6.29. The summed E-state index contributed by atoms with van der Waals surface area (Å²) >= 11 is 23.0. The summed E-state index contributed by atoms with van der Waals surface area (Å²) in [5.74, 6) is 0. The average molecular weight is 360 g/mol. The van der Waals surface area contributed by atoms with Crippen LogP contribution in [0.15, 0.2) is 42.5 Å². The lowest BCUT2D eigenvalue weighted by atomic mass is 10.1. The van der Waals surface area contributed by atoms with Crippen LogP contribution >= 0.6 is 47.0 Å². The molecule has 110 valence electrons. The van der Waals surface area contributed by atoms with Gasteiger partial charge in [-0.1, -0.05) is 46.9 Å². The minimum absolute atomic E-state index is 0.553. The molecule has 0 spiro atoms. The first-order chi connectivity index (χ1) is 10.0. The van der Waals surface area contributed by atoms with E-state index < -0.39 is 0 Å². The normalized spacial score (nSPS) is 10.2. The predicted molar refractivity (Wildman–Crippen MR) is 95.8 cm³/mol. The molecule has 0 saturated heterocycles. The summed E-state index contributed by atoms with van der Waals surface area (Å²) in [7, 11) is 0. The van der Waals surface area contributed by atoms with Crippen LogP contribution in [0.5, 0.6) is 0 Å². The van der Waals surface area contributed by atoms with Crippen molar-refractivity contribution in [3.8, 4) is 0 Å². The Morgan fingerprint density at radius 1 is 1.00 bits per heavy atom. The average Bonchev–Trinajstić information content (AvgIpc) is 2.43. The molecule has 0 fully saturated rings. The van der Waals surface area contributed by atoms with Gasteiger partial charge in [0.25, 0.3) is 0 Å². The molecule has 0 atom stereocenters. The number of anilines is 1. The molecular formula is C15H13Cl3N2S.